The van der Waals surface area contributed by atoms with Crippen molar-refractivity contribution in [3.63, 3.8) is 0 Å². The minimum absolute atomic E-state index is 0.0171. The molecule has 3 rings (SSSR count). The molecular weight excluding hydrogens is 378 g/mol. The molecule has 7 heteroatoms. The molecular formula is C21H27NO5S. The zero-order valence-corrected chi connectivity index (χ0v) is 17.5. The number of nitrogens with zero attached hydrogens (tertiary/aromatic N) is 1. The van der Waals surface area contributed by atoms with E-state index in [1.165, 1.54) is 10.4 Å². The maximum atomic E-state index is 11.4. The summed E-state index contributed by atoms with van der Waals surface area (Å²) in [4.78, 5) is 15.0. The highest BCUT2D eigenvalue weighted by Crippen LogP contribution is 2.44. The number of methoxy groups -OCH3 is 3. The number of likely N-dealkylation sites (tertiary alicyclic amines) is 1. The van der Waals surface area contributed by atoms with Crippen LogP contribution < -0.4 is 14.2 Å². The molecule has 0 amide bonds. The van der Waals surface area contributed by atoms with Gasteiger partial charge in [-0.25, -0.2) is 0 Å². The number of aryl methyl sites for hydroxylation is 1. The van der Waals surface area contributed by atoms with Crippen LogP contribution in [0.1, 0.15) is 34.9 Å². The lowest BCUT2D eigenvalue weighted by Crippen LogP contribution is -2.39. The number of hydrogen-bond donors (Lipinski definition) is 1. The summed E-state index contributed by atoms with van der Waals surface area (Å²) in [6.45, 7) is 3.58. The van der Waals surface area contributed by atoms with Crippen LogP contribution in [0.5, 0.6) is 17.2 Å². The van der Waals surface area contributed by atoms with Crippen molar-refractivity contribution in [2.45, 2.75) is 25.8 Å². The van der Waals surface area contributed by atoms with Gasteiger partial charge in [-0.1, -0.05) is 0 Å². The predicted molar refractivity (Wildman–Crippen MR) is 109 cm³/mol. The number of carboxylic acids is 1. The largest absolute Gasteiger partial charge is 0.493 e. The first kappa shape index (κ1) is 20.5. The quantitative estimate of drug-likeness (QED) is 0.752. The zero-order chi connectivity index (χ0) is 20.3. The third-order valence-electron chi connectivity index (χ3n) is 5.40. The van der Waals surface area contributed by atoms with Gasteiger partial charge in [0.25, 0.3) is 0 Å². The van der Waals surface area contributed by atoms with E-state index in [1.807, 2.05) is 12.1 Å². The van der Waals surface area contributed by atoms with E-state index in [-0.39, 0.29) is 12.0 Å². The first-order valence-corrected chi connectivity index (χ1v) is 10.2. The molecule has 1 atom stereocenters. The number of hydrogen-bond acceptors (Lipinski definition) is 6. The Labute approximate surface area is 169 Å². The van der Waals surface area contributed by atoms with Crippen LogP contribution in [0.4, 0.5) is 0 Å². The van der Waals surface area contributed by atoms with E-state index in [1.54, 1.807) is 32.7 Å². The Kier molecular flexibility index (Phi) is 6.46. The minimum atomic E-state index is -0.698. The van der Waals surface area contributed by atoms with Gasteiger partial charge in [0.2, 0.25) is 5.75 Å². The van der Waals surface area contributed by atoms with Gasteiger partial charge in [-0.15, -0.1) is 11.3 Å². The third kappa shape index (κ3) is 3.95. The number of rotatable bonds is 7. The molecule has 0 aliphatic carbocycles. The summed E-state index contributed by atoms with van der Waals surface area (Å²) in [5.41, 5.74) is 2.28. The lowest BCUT2D eigenvalue weighted by molar-refractivity contribution is -0.143. The average molecular weight is 406 g/mol. The molecule has 2 heterocycles. The van der Waals surface area contributed by atoms with E-state index >= 15 is 0 Å². The van der Waals surface area contributed by atoms with Crippen molar-refractivity contribution in [3.05, 3.63) is 39.6 Å². The van der Waals surface area contributed by atoms with Gasteiger partial charge in [0.05, 0.1) is 33.3 Å². The predicted octanol–water partition coefficient (Wildman–Crippen LogP) is 3.97. The maximum absolute atomic E-state index is 11.4. The van der Waals surface area contributed by atoms with E-state index in [2.05, 4.69) is 23.3 Å². The molecule has 1 N–H and O–H groups in total. The fraction of sp³-hybridized carbons (Fsp3) is 0.476. The van der Waals surface area contributed by atoms with Crippen molar-refractivity contribution in [1.29, 1.82) is 0 Å². The molecule has 2 aromatic rings. The van der Waals surface area contributed by atoms with Crippen molar-refractivity contribution in [3.8, 4) is 17.2 Å². The molecule has 1 aromatic carbocycles. The van der Waals surface area contributed by atoms with E-state index in [9.17, 15) is 9.90 Å². The van der Waals surface area contributed by atoms with Gasteiger partial charge in [0, 0.05) is 4.88 Å². The van der Waals surface area contributed by atoms with Crippen molar-refractivity contribution in [1.82, 2.24) is 4.90 Å². The number of aliphatic carboxylic acids is 1. The number of ether oxygens (including phenoxy) is 3. The minimum Gasteiger partial charge on any atom is -0.493 e. The van der Waals surface area contributed by atoms with Crippen molar-refractivity contribution in [2.75, 3.05) is 34.4 Å². The van der Waals surface area contributed by atoms with E-state index < -0.39 is 5.97 Å². The Hall–Kier alpha value is -2.25. The van der Waals surface area contributed by atoms with Crippen molar-refractivity contribution < 1.29 is 24.1 Å². The Bertz CT molecular complexity index is 801. The Morgan fingerprint density at radius 3 is 2.18 bits per heavy atom. The second kappa shape index (κ2) is 8.84. The molecule has 0 saturated carbocycles. The van der Waals surface area contributed by atoms with Gasteiger partial charge in [-0.2, -0.15) is 0 Å². The zero-order valence-electron chi connectivity index (χ0n) is 16.7. The molecule has 28 heavy (non-hydrogen) atoms. The first-order valence-electron chi connectivity index (χ1n) is 9.30. The van der Waals surface area contributed by atoms with Crippen LogP contribution in [0.3, 0.4) is 0 Å². The molecule has 1 aromatic heterocycles. The smallest absolute Gasteiger partial charge is 0.306 e. The van der Waals surface area contributed by atoms with Crippen molar-refractivity contribution in [2.24, 2.45) is 5.92 Å². The van der Waals surface area contributed by atoms with Crippen LogP contribution in [0.25, 0.3) is 0 Å². The lowest BCUT2D eigenvalue weighted by atomic mass is 9.93. The average Bonchev–Trinajstić information content (AvgIpc) is 3.13. The summed E-state index contributed by atoms with van der Waals surface area (Å²) in [7, 11) is 4.83. The van der Waals surface area contributed by atoms with E-state index in [4.69, 9.17) is 14.2 Å². The summed E-state index contributed by atoms with van der Waals surface area (Å²) < 4.78 is 16.6. The molecule has 1 aliphatic heterocycles. The summed E-state index contributed by atoms with van der Waals surface area (Å²) >= 11 is 1.72. The third-order valence-corrected chi connectivity index (χ3v) is 6.47. The van der Waals surface area contributed by atoms with Crippen LogP contribution >= 0.6 is 11.3 Å². The van der Waals surface area contributed by atoms with Crippen LogP contribution in [0, 0.1) is 12.8 Å². The number of benzene rings is 1. The molecule has 1 saturated heterocycles. The van der Waals surface area contributed by atoms with Gasteiger partial charge in [-0.05, 0) is 67.6 Å². The lowest BCUT2D eigenvalue weighted by Gasteiger charge is -2.37. The molecule has 0 spiro atoms. The van der Waals surface area contributed by atoms with Gasteiger partial charge in [0.1, 0.15) is 0 Å². The van der Waals surface area contributed by atoms with E-state index in [0.29, 0.717) is 30.1 Å². The normalized spacial score (nSPS) is 16.6. The number of piperidine rings is 1. The highest BCUT2D eigenvalue weighted by molar-refractivity contribution is 7.10. The highest BCUT2D eigenvalue weighted by atomic mass is 32.1. The monoisotopic (exact) mass is 405 g/mol. The van der Waals surface area contributed by atoms with Gasteiger partial charge in [0.15, 0.2) is 11.5 Å². The summed E-state index contributed by atoms with van der Waals surface area (Å²) in [6.07, 6.45) is 1.31. The second-order valence-corrected chi connectivity index (χ2v) is 7.93. The second-order valence-electron chi connectivity index (χ2n) is 6.98. The van der Waals surface area contributed by atoms with Gasteiger partial charge < -0.3 is 19.3 Å². The number of carboxylic acid groups (broad SMARTS) is 1. The van der Waals surface area contributed by atoms with Gasteiger partial charge >= 0.3 is 5.97 Å². The number of carbonyl (C=O) groups is 1. The Morgan fingerprint density at radius 2 is 1.75 bits per heavy atom. The summed E-state index contributed by atoms with van der Waals surface area (Å²) in [6, 6.07) is 6.13. The Balaban J connectivity index is 2.04. The molecule has 1 fully saturated rings. The molecule has 0 bridgehead atoms. The van der Waals surface area contributed by atoms with Crippen LogP contribution in [0.2, 0.25) is 0 Å². The standard InChI is InChI=1S/C21H27NO5S/c1-13-7-10-28-20(13)18(22-8-5-14(6-9-22)21(23)24)15-11-16(25-2)19(27-4)17(12-15)26-3/h7,10-12,14,18H,5-6,8-9H2,1-4H3,(H,23,24). The fourth-order valence-corrected chi connectivity index (χ4v) is 4.94. The van der Waals surface area contributed by atoms with Gasteiger partial charge in [-0.3, -0.25) is 9.69 Å². The van der Waals surface area contributed by atoms with Crippen molar-refractivity contribution >= 4 is 17.3 Å². The van der Waals surface area contributed by atoms with Crippen LogP contribution in [-0.4, -0.2) is 50.4 Å². The topological polar surface area (TPSA) is 68.2 Å². The number of thiophene rings is 1. The fourth-order valence-electron chi connectivity index (χ4n) is 3.86. The summed E-state index contributed by atoms with van der Waals surface area (Å²) in [5, 5.41) is 11.4. The summed E-state index contributed by atoms with van der Waals surface area (Å²) in [5.74, 6) is 0.852. The molecule has 6 nitrogen and oxygen atoms in total. The highest BCUT2D eigenvalue weighted by Gasteiger charge is 2.32. The molecule has 0 radical (unpaired) electrons. The van der Waals surface area contributed by atoms with Crippen LogP contribution in [0.15, 0.2) is 23.6 Å². The first-order chi connectivity index (χ1) is 13.5. The van der Waals surface area contributed by atoms with E-state index in [0.717, 1.165) is 18.7 Å². The SMILES string of the molecule is COc1cc(C(c2sccc2C)N2CCC(C(=O)O)CC2)cc(OC)c1OC. The Morgan fingerprint density at radius 1 is 1.14 bits per heavy atom. The van der Waals surface area contributed by atoms with Crippen LogP contribution in [-0.2, 0) is 4.79 Å². The molecule has 1 aliphatic rings. The molecule has 1 unspecified atom stereocenters. The molecule has 152 valence electrons. The maximum Gasteiger partial charge on any atom is 0.306 e.